The van der Waals surface area contributed by atoms with Gasteiger partial charge in [-0.2, -0.15) is 10.4 Å². The lowest BCUT2D eigenvalue weighted by Crippen LogP contribution is -2.19. The van der Waals surface area contributed by atoms with Crippen LogP contribution in [-0.4, -0.2) is 29.5 Å². The number of methoxy groups -OCH3 is 1. The van der Waals surface area contributed by atoms with Gasteiger partial charge in [0.25, 0.3) is 0 Å². The quantitative estimate of drug-likeness (QED) is 0.658. The van der Waals surface area contributed by atoms with Crippen LogP contribution in [0.2, 0.25) is 0 Å². The normalized spacial score (nSPS) is 16.8. The molecule has 1 aliphatic rings. The van der Waals surface area contributed by atoms with Gasteiger partial charge in [0.1, 0.15) is 5.69 Å². The number of carbonyl (C=O) groups excluding carboxylic acids is 1. The SMILES string of the molecule is COC(=O)c1cccc(-c2nn(C3CCCCO3)c3ccc(C#N)cc23)c1. The molecule has 0 amide bonds. The number of nitrogens with zero attached hydrogens (tertiary/aromatic N) is 3. The molecule has 0 bridgehead atoms. The Morgan fingerprint density at radius 3 is 2.93 bits per heavy atom. The van der Waals surface area contributed by atoms with Crippen LogP contribution in [0.5, 0.6) is 0 Å². The molecular formula is C21H19N3O3. The Morgan fingerprint density at radius 1 is 1.30 bits per heavy atom. The van der Waals surface area contributed by atoms with Crippen LogP contribution >= 0.6 is 0 Å². The Morgan fingerprint density at radius 2 is 2.19 bits per heavy atom. The van der Waals surface area contributed by atoms with Gasteiger partial charge in [0.2, 0.25) is 0 Å². The molecule has 0 aliphatic carbocycles. The number of carbonyl (C=O) groups is 1. The summed E-state index contributed by atoms with van der Waals surface area (Å²) in [6.45, 7) is 0.718. The summed E-state index contributed by atoms with van der Waals surface area (Å²) in [5.41, 5.74) is 3.47. The maximum Gasteiger partial charge on any atom is 0.337 e. The zero-order chi connectivity index (χ0) is 18.8. The summed E-state index contributed by atoms with van der Waals surface area (Å²) in [4.78, 5) is 11.9. The smallest absolute Gasteiger partial charge is 0.337 e. The molecule has 0 radical (unpaired) electrons. The summed E-state index contributed by atoms with van der Waals surface area (Å²) in [6, 6.07) is 14.9. The van der Waals surface area contributed by atoms with E-state index in [1.165, 1.54) is 7.11 Å². The summed E-state index contributed by atoms with van der Waals surface area (Å²) in [5.74, 6) is -0.395. The molecule has 6 heteroatoms. The lowest BCUT2D eigenvalue weighted by molar-refractivity contribution is -0.0365. The fraction of sp³-hybridized carbons (Fsp3) is 0.286. The predicted molar refractivity (Wildman–Crippen MR) is 100 cm³/mol. The van der Waals surface area contributed by atoms with Gasteiger partial charge in [-0.3, -0.25) is 0 Å². The van der Waals surface area contributed by atoms with Gasteiger partial charge < -0.3 is 9.47 Å². The minimum atomic E-state index is -0.395. The molecule has 4 rings (SSSR count). The van der Waals surface area contributed by atoms with E-state index in [4.69, 9.17) is 14.6 Å². The second-order valence-electron chi connectivity index (χ2n) is 6.53. The summed E-state index contributed by atoms with van der Waals surface area (Å²) in [5, 5.41) is 15.0. The second-order valence-corrected chi connectivity index (χ2v) is 6.53. The Kier molecular flexibility index (Phi) is 4.61. The maximum absolute atomic E-state index is 11.9. The van der Waals surface area contributed by atoms with E-state index in [2.05, 4.69) is 6.07 Å². The molecule has 2 heterocycles. The van der Waals surface area contributed by atoms with Crippen molar-refractivity contribution in [1.82, 2.24) is 9.78 Å². The van der Waals surface area contributed by atoms with Crippen LogP contribution in [0.4, 0.5) is 0 Å². The van der Waals surface area contributed by atoms with Gasteiger partial charge >= 0.3 is 5.97 Å². The van der Waals surface area contributed by atoms with Crippen molar-refractivity contribution >= 4 is 16.9 Å². The molecule has 1 atom stereocenters. The first-order chi connectivity index (χ1) is 13.2. The number of aromatic nitrogens is 2. The predicted octanol–water partition coefficient (Wildman–Crippen LogP) is 4.06. The number of esters is 1. The average molecular weight is 361 g/mol. The van der Waals surface area contributed by atoms with Gasteiger partial charge in [-0.05, 0) is 49.6 Å². The van der Waals surface area contributed by atoms with Crippen molar-refractivity contribution in [2.24, 2.45) is 0 Å². The Balaban J connectivity index is 1.89. The van der Waals surface area contributed by atoms with E-state index in [0.717, 1.165) is 48.0 Å². The zero-order valence-electron chi connectivity index (χ0n) is 15.0. The second kappa shape index (κ2) is 7.22. The zero-order valence-corrected chi connectivity index (χ0v) is 15.0. The molecule has 1 unspecified atom stereocenters. The molecule has 1 saturated heterocycles. The van der Waals surface area contributed by atoms with Crippen molar-refractivity contribution in [2.45, 2.75) is 25.5 Å². The lowest BCUT2D eigenvalue weighted by atomic mass is 10.0. The van der Waals surface area contributed by atoms with E-state index in [0.29, 0.717) is 11.1 Å². The van der Waals surface area contributed by atoms with E-state index in [1.54, 1.807) is 24.3 Å². The summed E-state index contributed by atoms with van der Waals surface area (Å²) in [7, 11) is 1.36. The fourth-order valence-electron chi connectivity index (χ4n) is 3.47. The molecule has 6 nitrogen and oxygen atoms in total. The third-order valence-corrected chi connectivity index (χ3v) is 4.82. The minimum Gasteiger partial charge on any atom is -0.465 e. The lowest BCUT2D eigenvalue weighted by Gasteiger charge is -2.23. The first-order valence-electron chi connectivity index (χ1n) is 8.94. The van der Waals surface area contributed by atoms with E-state index < -0.39 is 5.97 Å². The Labute approximate surface area is 156 Å². The van der Waals surface area contributed by atoms with Crippen molar-refractivity contribution in [3.8, 4) is 17.3 Å². The molecule has 3 aromatic rings. The minimum absolute atomic E-state index is 0.119. The summed E-state index contributed by atoms with van der Waals surface area (Å²) in [6.07, 6.45) is 2.93. The van der Waals surface area contributed by atoms with Gasteiger partial charge in [-0.1, -0.05) is 12.1 Å². The number of rotatable bonds is 3. The van der Waals surface area contributed by atoms with Gasteiger partial charge in [0.15, 0.2) is 6.23 Å². The van der Waals surface area contributed by atoms with Crippen molar-refractivity contribution < 1.29 is 14.3 Å². The molecule has 2 aromatic carbocycles. The summed E-state index contributed by atoms with van der Waals surface area (Å²) >= 11 is 0. The van der Waals surface area contributed by atoms with Crippen LogP contribution in [0, 0.1) is 11.3 Å². The van der Waals surface area contributed by atoms with Gasteiger partial charge in [-0.25, -0.2) is 9.48 Å². The number of benzene rings is 2. The van der Waals surface area contributed by atoms with Gasteiger partial charge in [0, 0.05) is 17.6 Å². The van der Waals surface area contributed by atoms with Gasteiger partial charge in [-0.15, -0.1) is 0 Å². The number of hydrogen-bond donors (Lipinski definition) is 0. The largest absolute Gasteiger partial charge is 0.465 e. The molecule has 0 spiro atoms. The van der Waals surface area contributed by atoms with Crippen LogP contribution in [0.1, 0.15) is 41.4 Å². The molecule has 136 valence electrons. The van der Waals surface area contributed by atoms with Crippen molar-refractivity contribution in [1.29, 1.82) is 5.26 Å². The highest BCUT2D eigenvalue weighted by atomic mass is 16.5. The Hall–Kier alpha value is -3.17. The van der Waals surface area contributed by atoms with Crippen LogP contribution in [0.15, 0.2) is 42.5 Å². The van der Waals surface area contributed by atoms with E-state index >= 15 is 0 Å². The molecule has 0 N–H and O–H groups in total. The third-order valence-electron chi connectivity index (χ3n) is 4.82. The topological polar surface area (TPSA) is 77.1 Å². The fourth-order valence-corrected chi connectivity index (χ4v) is 3.47. The first-order valence-corrected chi connectivity index (χ1v) is 8.94. The highest BCUT2D eigenvalue weighted by molar-refractivity contribution is 5.96. The molecule has 1 fully saturated rings. The monoisotopic (exact) mass is 361 g/mol. The van der Waals surface area contributed by atoms with Crippen LogP contribution in [-0.2, 0) is 9.47 Å². The Bertz CT molecular complexity index is 1040. The van der Waals surface area contributed by atoms with Crippen molar-refractivity contribution in [3.05, 3.63) is 53.6 Å². The molecule has 0 saturated carbocycles. The summed E-state index contributed by atoms with van der Waals surface area (Å²) < 4.78 is 12.6. The first kappa shape index (κ1) is 17.3. The standard InChI is InChI=1S/C21H19N3O3/c1-26-21(25)16-6-4-5-15(12-16)20-17-11-14(13-22)8-9-18(17)24(23-20)19-7-2-3-10-27-19/h4-6,8-9,11-12,19H,2-3,7,10H2,1H3. The van der Waals surface area contributed by atoms with Crippen LogP contribution < -0.4 is 0 Å². The van der Waals surface area contributed by atoms with Crippen LogP contribution in [0.25, 0.3) is 22.2 Å². The number of nitriles is 1. The third kappa shape index (κ3) is 3.18. The van der Waals surface area contributed by atoms with Gasteiger partial charge in [0.05, 0.1) is 29.8 Å². The number of fused-ring (bicyclic) bond motifs is 1. The van der Waals surface area contributed by atoms with E-state index in [1.807, 2.05) is 22.9 Å². The highest BCUT2D eigenvalue weighted by Gasteiger charge is 2.22. The molecule has 1 aromatic heterocycles. The highest BCUT2D eigenvalue weighted by Crippen LogP contribution is 2.33. The van der Waals surface area contributed by atoms with Crippen LogP contribution in [0.3, 0.4) is 0 Å². The van der Waals surface area contributed by atoms with Crippen molar-refractivity contribution in [2.75, 3.05) is 13.7 Å². The van der Waals surface area contributed by atoms with Crippen molar-refractivity contribution in [3.63, 3.8) is 0 Å². The molecule has 27 heavy (non-hydrogen) atoms. The van der Waals surface area contributed by atoms with E-state index in [9.17, 15) is 10.1 Å². The van der Waals surface area contributed by atoms with E-state index in [-0.39, 0.29) is 6.23 Å². The molecule has 1 aliphatic heterocycles. The maximum atomic E-state index is 11.9. The average Bonchev–Trinajstić information content (AvgIpc) is 3.12. The number of hydrogen-bond acceptors (Lipinski definition) is 5. The molecular weight excluding hydrogens is 342 g/mol. The number of ether oxygens (including phenoxy) is 2.